The minimum absolute atomic E-state index is 0.260. The predicted octanol–water partition coefficient (Wildman–Crippen LogP) is -1.14. The molecule has 0 saturated carbocycles. The van der Waals surface area contributed by atoms with Crippen LogP contribution in [0.3, 0.4) is 0 Å². The molecule has 1 aliphatic rings. The second-order valence-electron chi connectivity index (χ2n) is 6.17. The number of nitrogens with zero attached hydrogens (tertiary/aromatic N) is 1. The molecule has 1 saturated heterocycles. The maximum atomic E-state index is 12.2. The summed E-state index contributed by atoms with van der Waals surface area (Å²) in [5, 5.41) is 22.5. The first-order valence-corrected chi connectivity index (χ1v) is 8.04. The molecule has 1 aromatic heterocycles. The first-order valence-electron chi connectivity index (χ1n) is 8.04. The van der Waals surface area contributed by atoms with Crippen LogP contribution in [0.2, 0.25) is 0 Å². The van der Waals surface area contributed by atoms with Crippen LogP contribution in [0.25, 0.3) is 0 Å². The van der Waals surface area contributed by atoms with E-state index < -0.39 is 42.4 Å². The third kappa shape index (κ3) is 4.44. The summed E-state index contributed by atoms with van der Waals surface area (Å²) in [4.78, 5) is 26.4. The monoisotopic (exact) mass is 355 g/mol. The van der Waals surface area contributed by atoms with Gasteiger partial charge < -0.3 is 25.0 Å². The van der Waals surface area contributed by atoms with E-state index in [0.29, 0.717) is 12.1 Å². The molecule has 1 aliphatic heterocycles. The number of methoxy groups -OCH3 is 1. The zero-order chi connectivity index (χ0) is 18.6. The van der Waals surface area contributed by atoms with Crippen molar-refractivity contribution in [2.24, 2.45) is 0 Å². The quantitative estimate of drug-likeness (QED) is 0.360. The molecule has 0 bridgehead atoms. The van der Waals surface area contributed by atoms with E-state index in [-0.39, 0.29) is 6.54 Å². The number of aromatic amines is 1. The summed E-state index contributed by atoms with van der Waals surface area (Å²) < 4.78 is 11.9. The van der Waals surface area contributed by atoms with Crippen LogP contribution in [0.15, 0.2) is 27.4 Å². The third-order valence-electron chi connectivity index (χ3n) is 4.05. The standard InChI is InChI=1S/C16H25N3O6/c1-9(2)4-5-17-6-10-7-19(16(23)18-14(10)22)15-13(24-3)12(21)11(8-20)25-15/h4,7,11-13,15,17,20-21H,5-6,8H2,1-3H3,(H,18,22,23)/t11-,12+,13?,15-/m1/s1. The fraction of sp³-hybridized carbons (Fsp3) is 0.625. The van der Waals surface area contributed by atoms with Crippen molar-refractivity contribution in [3.8, 4) is 0 Å². The Labute approximate surface area is 144 Å². The first-order chi connectivity index (χ1) is 11.9. The zero-order valence-electron chi connectivity index (χ0n) is 14.6. The summed E-state index contributed by atoms with van der Waals surface area (Å²) in [5.74, 6) is 0. The molecule has 0 aromatic carbocycles. The summed E-state index contributed by atoms with van der Waals surface area (Å²) in [6.07, 6.45) is -0.371. The average molecular weight is 355 g/mol. The molecular weight excluding hydrogens is 330 g/mol. The van der Waals surface area contributed by atoms with Gasteiger partial charge in [0.15, 0.2) is 6.23 Å². The molecule has 4 N–H and O–H groups in total. The van der Waals surface area contributed by atoms with E-state index in [0.717, 1.165) is 5.57 Å². The number of aliphatic hydroxyl groups is 2. The van der Waals surface area contributed by atoms with E-state index in [9.17, 15) is 19.8 Å². The van der Waals surface area contributed by atoms with Crippen molar-refractivity contribution in [2.75, 3.05) is 20.3 Å². The number of hydrogen-bond donors (Lipinski definition) is 4. The number of nitrogens with one attached hydrogen (secondary N) is 2. The number of aliphatic hydroxyl groups excluding tert-OH is 2. The van der Waals surface area contributed by atoms with E-state index in [1.807, 2.05) is 19.9 Å². The van der Waals surface area contributed by atoms with Crippen molar-refractivity contribution in [1.82, 2.24) is 14.9 Å². The number of allylic oxidation sites excluding steroid dienone is 1. The van der Waals surface area contributed by atoms with Crippen molar-refractivity contribution in [1.29, 1.82) is 0 Å². The third-order valence-corrected chi connectivity index (χ3v) is 4.05. The van der Waals surface area contributed by atoms with Crippen LogP contribution in [0.5, 0.6) is 0 Å². The molecule has 25 heavy (non-hydrogen) atoms. The SMILES string of the molecule is COC1[C@@H](O)[C@@H](CO)O[C@H]1n1cc(CNCC=C(C)C)c(=O)[nH]c1=O. The number of H-pyrrole nitrogens is 1. The van der Waals surface area contributed by atoms with Crippen molar-refractivity contribution >= 4 is 0 Å². The van der Waals surface area contributed by atoms with E-state index in [2.05, 4.69) is 10.3 Å². The van der Waals surface area contributed by atoms with Gasteiger partial charge in [-0.05, 0) is 13.8 Å². The Morgan fingerprint density at radius 1 is 1.48 bits per heavy atom. The van der Waals surface area contributed by atoms with Crippen molar-refractivity contribution in [2.45, 2.75) is 44.9 Å². The molecule has 0 aliphatic carbocycles. The van der Waals surface area contributed by atoms with Crippen LogP contribution in [-0.2, 0) is 16.0 Å². The van der Waals surface area contributed by atoms with Gasteiger partial charge >= 0.3 is 5.69 Å². The second-order valence-corrected chi connectivity index (χ2v) is 6.17. The first kappa shape index (κ1) is 19.5. The molecule has 0 spiro atoms. The molecule has 1 unspecified atom stereocenters. The highest BCUT2D eigenvalue weighted by Gasteiger charge is 2.45. The van der Waals surface area contributed by atoms with Gasteiger partial charge in [-0.15, -0.1) is 0 Å². The highest BCUT2D eigenvalue weighted by atomic mass is 16.6. The van der Waals surface area contributed by atoms with E-state index >= 15 is 0 Å². The molecule has 2 rings (SSSR count). The second kappa shape index (κ2) is 8.54. The van der Waals surface area contributed by atoms with Crippen LogP contribution in [-0.4, -0.2) is 58.3 Å². The minimum Gasteiger partial charge on any atom is -0.394 e. The van der Waals surface area contributed by atoms with Crippen molar-refractivity contribution < 1.29 is 19.7 Å². The lowest BCUT2D eigenvalue weighted by atomic mass is 10.1. The van der Waals surface area contributed by atoms with Crippen LogP contribution < -0.4 is 16.6 Å². The molecular formula is C16H25N3O6. The molecule has 9 heteroatoms. The van der Waals surface area contributed by atoms with Gasteiger partial charge in [0.25, 0.3) is 5.56 Å². The van der Waals surface area contributed by atoms with Crippen LogP contribution in [0, 0.1) is 0 Å². The van der Waals surface area contributed by atoms with Crippen LogP contribution in [0.1, 0.15) is 25.6 Å². The number of hydrogen-bond acceptors (Lipinski definition) is 7. The number of rotatable bonds is 7. The topological polar surface area (TPSA) is 126 Å². The van der Waals surface area contributed by atoms with Gasteiger partial charge in [0.1, 0.15) is 18.3 Å². The summed E-state index contributed by atoms with van der Waals surface area (Å²) in [6, 6.07) is 0. The molecule has 1 fully saturated rings. The van der Waals surface area contributed by atoms with Gasteiger partial charge in [-0.1, -0.05) is 11.6 Å². The molecule has 1 aromatic rings. The maximum absolute atomic E-state index is 12.2. The maximum Gasteiger partial charge on any atom is 0.330 e. The Morgan fingerprint density at radius 3 is 2.80 bits per heavy atom. The molecule has 9 nitrogen and oxygen atoms in total. The minimum atomic E-state index is -1.09. The summed E-state index contributed by atoms with van der Waals surface area (Å²) in [6.45, 7) is 4.38. The van der Waals surface area contributed by atoms with E-state index in [1.165, 1.54) is 17.9 Å². The van der Waals surface area contributed by atoms with Crippen molar-refractivity contribution in [3.63, 3.8) is 0 Å². The normalized spacial score (nSPS) is 26.0. The largest absolute Gasteiger partial charge is 0.394 e. The van der Waals surface area contributed by atoms with Gasteiger partial charge in [0.2, 0.25) is 0 Å². The smallest absolute Gasteiger partial charge is 0.330 e. The van der Waals surface area contributed by atoms with E-state index in [4.69, 9.17) is 9.47 Å². The van der Waals surface area contributed by atoms with Gasteiger partial charge in [0, 0.05) is 32.0 Å². The number of aromatic nitrogens is 2. The molecule has 2 heterocycles. The lowest BCUT2D eigenvalue weighted by molar-refractivity contribution is -0.0626. The Morgan fingerprint density at radius 2 is 2.20 bits per heavy atom. The molecule has 140 valence electrons. The summed E-state index contributed by atoms with van der Waals surface area (Å²) >= 11 is 0. The fourth-order valence-electron chi connectivity index (χ4n) is 2.67. The Balaban J connectivity index is 2.26. The molecule has 0 radical (unpaired) electrons. The number of ether oxygens (including phenoxy) is 2. The fourth-order valence-corrected chi connectivity index (χ4v) is 2.67. The van der Waals surface area contributed by atoms with Crippen molar-refractivity contribution in [3.05, 3.63) is 44.2 Å². The molecule has 4 atom stereocenters. The van der Waals surface area contributed by atoms with E-state index in [1.54, 1.807) is 0 Å². The van der Waals surface area contributed by atoms with Crippen LogP contribution >= 0.6 is 0 Å². The van der Waals surface area contributed by atoms with Gasteiger partial charge in [-0.25, -0.2) is 4.79 Å². The molecule has 0 amide bonds. The lowest BCUT2D eigenvalue weighted by Gasteiger charge is -2.20. The van der Waals surface area contributed by atoms with Crippen LogP contribution in [0.4, 0.5) is 0 Å². The van der Waals surface area contributed by atoms with Gasteiger partial charge in [0.05, 0.1) is 6.61 Å². The lowest BCUT2D eigenvalue weighted by Crippen LogP contribution is -2.40. The van der Waals surface area contributed by atoms with Gasteiger partial charge in [-0.3, -0.25) is 14.3 Å². The highest BCUT2D eigenvalue weighted by Crippen LogP contribution is 2.30. The van der Waals surface area contributed by atoms with Gasteiger partial charge in [-0.2, -0.15) is 0 Å². The highest BCUT2D eigenvalue weighted by molar-refractivity contribution is 5.06. The average Bonchev–Trinajstić information content (AvgIpc) is 2.88. The predicted molar refractivity (Wildman–Crippen MR) is 90.3 cm³/mol. The summed E-state index contributed by atoms with van der Waals surface area (Å²) in [7, 11) is 1.38. The Hall–Kier alpha value is -1.78. The zero-order valence-corrected chi connectivity index (χ0v) is 14.6. The summed E-state index contributed by atoms with van der Waals surface area (Å²) in [5.41, 5.74) is 0.341. The Bertz CT molecular complexity index is 721. The Kier molecular flexibility index (Phi) is 6.68.